The maximum absolute atomic E-state index is 5.83. The third kappa shape index (κ3) is 3.13. The molecule has 0 saturated carbocycles. The monoisotopic (exact) mass is 234 g/mol. The van der Waals surface area contributed by atoms with Gasteiger partial charge in [-0.2, -0.15) is 0 Å². The molecule has 0 amide bonds. The van der Waals surface area contributed by atoms with E-state index in [2.05, 4.69) is 31.0 Å². The number of anilines is 2. The van der Waals surface area contributed by atoms with Crippen LogP contribution in [0.3, 0.4) is 0 Å². The SMILES string of the molecule is Cc1cc(N(C)CC2CCCOC2)ccc1N. The van der Waals surface area contributed by atoms with Crippen molar-refractivity contribution in [3.8, 4) is 0 Å². The number of hydrogen-bond donors (Lipinski definition) is 1. The van der Waals surface area contributed by atoms with Gasteiger partial charge in [0.05, 0.1) is 6.61 Å². The molecule has 2 rings (SSSR count). The molecule has 1 aliphatic heterocycles. The van der Waals surface area contributed by atoms with Crippen molar-refractivity contribution in [3.05, 3.63) is 23.8 Å². The van der Waals surface area contributed by atoms with Crippen molar-refractivity contribution >= 4 is 11.4 Å². The zero-order valence-corrected chi connectivity index (χ0v) is 10.8. The molecule has 1 heterocycles. The fourth-order valence-electron chi connectivity index (χ4n) is 2.34. The third-order valence-corrected chi connectivity index (χ3v) is 3.48. The average molecular weight is 234 g/mol. The van der Waals surface area contributed by atoms with Gasteiger partial charge >= 0.3 is 0 Å². The first-order chi connectivity index (χ1) is 8.16. The van der Waals surface area contributed by atoms with E-state index in [1.807, 2.05) is 6.07 Å². The Morgan fingerprint density at radius 2 is 2.29 bits per heavy atom. The Morgan fingerprint density at radius 1 is 1.47 bits per heavy atom. The van der Waals surface area contributed by atoms with E-state index in [9.17, 15) is 0 Å². The molecule has 0 aliphatic carbocycles. The second-order valence-electron chi connectivity index (χ2n) is 5.00. The minimum absolute atomic E-state index is 0.659. The molecular formula is C14H22N2O. The van der Waals surface area contributed by atoms with Crippen LogP contribution in [0.4, 0.5) is 11.4 Å². The fourth-order valence-corrected chi connectivity index (χ4v) is 2.34. The highest BCUT2D eigenvalue weighted by Crippen LogP contribution is 2.22. The van der Waals surface area contributed by atoms with Gasteiger partial charge in [0.2, 0.25) is 0 Å². The third-order valence-electron chi connectivity index (χ3n) is 3.48. The van der Waals surface area contributed by atoms with Crippen molar-refractivity contribution in [2.75, 3.05) is 37.4 Å². The summed E-state index contributed by atoms with van der Waals surface area (Å²) < 4.78 is 5.52. The van der Waals surface area contributed by atoms with E-state index in [1.165, 1.54) is 18.5 Å². The quantitative estimate of drug-likeness (QED) is 0.816. The summed E-state index contributed by atoms with van der Waals surface area (Å²) in [6.07, 6.45) is 2.47. The summed E-state index contributed by atoms with van der Waals surface area (Å²) in [5, 5.41) is 0. The van der Waals surface area contributed by atoms with E-state index >= 15 is 0 Å². The largest absolute Gasteiger partial charge is 0.399 e. The number of hydrogen-bond acceptors (Lipinski definition) is 3. The van der Waals surface area contributed by atoms with Crippen LogP contribution in [0.2, 0.25) is 0 Å². The molecule has 1 aromatic carbocycles. The van der Waals surface area contributed by atoms with Gasteiger partial charge < -0.3 is 15.4 Å². The Hall–Kier alpha value is -1.22. The Balaban J connectivity index is 1.98. The molecule has 0 bridgehead atoms. The summed E-state index contributed by atoms with van der Waals surface area (Å²) in [7, 11) is 2.14. The van der Waals surface area contributed by atoms with Crippen molar-refractivity contribution in [3.63, 3.8) is 0 Å². The van der Waals surface area contributed by atoms with Crippen LogP contribution in [0, 0.1) is 12.8 Å². The van der Waals surface area contributed by atoms with Gasteiger partial charge in [0, 0.05) is 31.6 Å². The Bertz CT molecular complexity index is 372. The molecule has 0 aromatic heterocycles. The normalized spacial score (nSPS) is 20.2. The minimum atomic E-state index is 0.659. The van der Waals surface area contributed by atoms with Crippen molar-refractivity contribution < 1.29 is 4.74 Å². The van der Waals surface area contributed by atoms with Gasteiger partial charge in [0.1, 0.15) is 0 Å². The first-order valence-electron chi connectivity index (χ1n) is 6.32. The van der Waals surface area contributed by atoms with E-state index in [0.29, 0.717) is 5.92 Å². The highest BCUT2D eigenvalue weighted by atomic mass is 16.5. The van der Waals surface area contributed by atoms with Gasteiger partial charge in [0.25, 0.3) is 0 Å². The lowest BCUT2D eigenvalue weighted by molar-refractivity contribution is 0.0576. The van der Waals surface area contributed by atoms with Gasteiger partial charge in [-0.15, -0.1) is 0 Å². The second kappa shape index (κ2) is 5.41. The molecule has 1 fully saturated rings. The number of rotatable bonds is 3. The summed E-state index contributed by atoms with van der Waals surface area (Å²) in [6.45, 7) is 4.94. The number of nitrogens with zero attached hydrogens (tertiary/aromatic N) is 1. The molecule has 94 valence electrons. The molecule has 0 spiro atoms. The van der Waals surface area contributed by atoms with Gasteiger partial charge in [-0.25, -0.2) is 0 Å². The summed E-state index contributed by atoms with van der Waals surface area (Å²) in [6, 6.07) is 6.23. The topological polar surface area (TPSA) is 38.5 Å². The van der Waals surface area contributed by atoms with Crippen LogP contribution in [0.25, 0.3) is 0 Å². The van der Waals surface area contributed by atoms with Crippen LogP contribution >= 0.6 is 0 Å². The van der Waals surface area contributed by atoms with Crippen molar-refractivity contribution in [2.45, 2.75) is 19.8 Å². The molecule has 2 N–H and O–H groups in total. The number of ether oxygens (including phenoxy) is 1. The lowest BCUT2D eigenvalue weighted by Crippen LogP contribution is -2.30. The smallest absolute Gasteiger partial charge is 0.0511 e. The van der Waals surface area contributed by atoms with Crippen molar-refractivity contribution in [2.24, 2.45) is 5.92 Å². The van der Waals surface area contributed by atoms with Crippen LogP contribution in [0.15, 0.2) is 18.2 Å². The summed E-state index contributed by atoms with van der Waals surface area (Å²) in [5.41, 5.74) is 9.08. The Labute approximate surface area is 104 Å². The van der Waals surface area contributed by atoms with Crippen LogP contribution in [0.1, 0.15) is 18.4 Å². The predicted octanol–water partition coefficient (Wildman–Crippen LogP) is 2.44. The average Bonchev–Trinajstić information content (AvgIpc) is 2.34. The molecule has 1 atom stereocenters. The van der Waals surface area contributed by atoms with E-state index in [0.717, 1.165) is 31.0 Å². The standard InChI is InChI=1S/C14H22N2O/c1-11-8-13(5-6-14(11)15)16(2)9-12-4-3-7-17-10-12/h5-6,8,12H,3-4,7,9-10,15H2,1-2H3. The molecule has 3 heteroatoms. The molecule has 1 aliphatic rings. The number of nitrogen functional groups attached to an aromatic ring is 1. The zero-order chi connectivity index (χ0) is 12.3. The van der Waals surface area contributed by atoms with E-state index in [-0.39, 0.29) is 0 Å². The van der Waals surface area contributed by atoms with Gasteiger partial charge in [0.15, 0.2) is 0 Å². The summed E-state index contributed by atoms with van der Waals surface area (Å²) in [5.74, 6) is 0.659. The van der Waals surface area contributed by atoms with E-state index in [4.69, 9.17) is 10.5 Å². The molecule has 1 saturated heterocycles. The zero-order valence-electron chi connectivity index (χ0n) is 10.8. The highest BCUT2D eigenvalue weighted by molar-refractivity contribution is 5.57. The molecule has 17 heavy (non-hydrogen) atoms. The maximum Gasteiger partial charge on any atom is 0.0511 e. The fraction of sp³-hybridized carbons (Fsp3) is 0.571. The lowest BCUT2D eigenvalue weighted by Gasteiger charge is -2.28. The molecule has 0 radical (unpaired) electrons. The van der Waals surface area contributed by atoms with Gasteiger partial charge in [-0.1, -0.05) is 0 Å². The first-order valence-corrected chi connectivity index (χ1v) is 6.32. The van der Waals surface area contributed by atoms with Crippen LogP contribution in [0.5, 0.6) is 0 Å². The van der Waals surface area contributed by atoms with Crippen LogP contribution in [-0.2, 0) is 4.74 Å². The van der Waals surface area contributed by atoms with Gasteiger partial charge in [-0.05, 0) is 49.4 Å². The molecular weight excluding hydrogens is 212 g/mol. The predicted molar refractivity (Wildman–Crippen MR) is 72.4 cm³/mol. The second-order valence-corrected chi connectivity index (χ2v) is 5.00. The maximum atomic E-state index is 5.83. The molecule has 1 aromatic rings. The Morgan fingerprint density at radius 3 is 2.94 bits per heavy atom. The van der Waals surface area contributed by atoms with Crippen LogP contribution in [-0.4, -0.2) is 26.8 Å². The summed E-state index contributed by atoms with van der Waals surface area (Å²) in [4.78, 5) is 2.30. The first kappa shape index (κ1) is 12.2. The van der Waals surface area contributed by atoms with Crippen LogP contribution < -0.4 is 10.6 Å². The minimum Gasteiger partial charge on any atom is -0.399 e. The number of benzene rings is 1. The van der Waals surface area contributed by atoms with E-state index in [1.54, 1.807) is 0 Å². The molecule has 3 nitrogen and oxygen atoms in total. The van der Waals surface area contributed by atoms with Crippen molar-refractivity contribution in [1.29, 1.82) is 0 Å². The molecule has 1 unspecified atom stereocenters. The highest BCUT2D eigenvalue weighted by Gasteiger charge is 2.16. The number of nitrogens with two attached hydrogens (primary N) is 1. The van der Waals surface area contributed by atoms with Crippen molar-refractivity contribution in [1.82, 2.24) is 0 Å². The van der Waals surface area contributed by atoms with Gasteiger partial charge in [-0.3, -0.25) is 0 Å². The Kier molecular flexibility index (Phi) is 3.89. The number of aryl methyl sites for hydroxylation is 1. The lowest BCUT2D eigenvalue weighted by atomic mass is 10.0. The van der Waals surface area contributed by atoms with E-state index < -0.39 is 0 Å². The summed E-state index contributed by atoms with van der Waals surface area (Å²) >= 11 is 0.